The molecule has 1 amide bonds. The third-order valence-corrected chi connectivity index (χ3v) is 4.44. The Kier molecular flexibility index (Phi) is 6.13. The topological polar surface area (TPSA) is 59.5 Å². The molecule has 1 heterocycles. The highest BCUT2D eigenvalue weighted by Crippen LogP contribution is 2.27. The number of pyridine rings is 1. The number of hydrogen-bond acceptors (Lipinski definition) is 4. The first-order valence-corrected chi connectivity index (χ1v) is 8.35. The summed E-state index contributed by atoms with van der Waals surface area (Å²) >= 11 is 0. The van der Waals surface area contributed by atoms with E-state index in [9.17, 15) is 9.59 Å². The number of carbonyl (C=O) groups is 2. The fourth-order valence-corrected chi connectivity index (χ4v) is 3.10. The number of rotatable bonds is 5. The molecule has 0 bridgehead atoms. The highest BCUT2D eigenvalue weighted by atomic mass is 16.5. The van der Waals surface area contributed by atoms with E-state index in [-0.39, 0.29) is 24.3 Å². The Morgan fingerprint density at radius 1 is 1.30 bits per heavy atom. The molecule has 1 aromatic heterocycles. The fraction of sp³-hybridized carbons (Fsp3) is 0.611. The molecule has 2 rings (SSSR count). The van der Waals surface area contributed by atoms with Crippen LogP contribution in [-0.4, -0.2) is 30.0 Å². The summed E-state index contributed by atoms with van der Waals surface area (Å²) in [4.78, 5) is 30.7. The van der Waals surface area contributed by atoms with Crippen LogP contribution in [0.2, 0.25) is 0 Å². The number of ether oxygens (including phenoxy) is 1. The minimum absolute atomic E-state index is 0.0499. The van der Waals surface area contributed by atoms with Crippen LogP contribution in [0.4, 0.5) is 5.82 Å². The zero-order chi connectivity index (χ0) is 16.8. The van der Waals surface area contributed by atoms with Crippen LogP contribution in [0.3, 0.4) is 0 Å². The van der Waals surface area contributed by atoms with Gasteiger partial charge in [-0.2, -0.15) is 0 Å². The number of aromatic nitrogens is 1. The molecule has 1 aliphatic rings. The number of methoxy groups -OCH3 is 1. The molecule has 0 aliphatic heterocycles. The minimum atomic E-state index is -0.441. The molecular formula is C18H26N2O3. The standard InChI is InChI=1S/C18H26N2O3/c1-13-9-10-16(19-12-13)20(15-7-5-4-6-8-15)17(21)11-14(2)18(22)23-3/h9-10,12,14-15H,4-8,11H2,1-3H3/t14-/m0/s1. The SMILES string of the molecule is COC(=O)[C@@H](C)CC(=O)N(c1ccc(C)cn1)C1CCCCC1. The van der Waals surface area contributed by atoms with Gasteiger partial charge in [0.15, 0.2) is 0 Å². The number of esters is 1. The lowest BCUT2D eigenvalue weighted by molar-refractivity contribution is -0.146. The highest BCUT2D eigenvalue weighted by Gasteiger charge is 2.30. The van der Waals surface area contributed by atoms with Crippen LogP contribution in [-0.2, 0) is 14.3 Å². The third kappa shape index (κ3) is 4.53. The van der Waals surface area contributed by atoms with Crippen molar-refractivity contribution in [3.63, 3.8) is 0 Å². The summed E-state index contributed by atoms with van der Waals surface area (Å²) in [5.74, 6) is -0.154. The Labute approximate surface area is 138 Å². The Bertz CT molecular complexity index is 536. The monoisotopic (exact) mass is 318 g/mol. The molecule has 1 saturated carbocycles. The summed E-state index contributed by atoms with van der Waals surface area (Å²) in [5, 5.41) is 0. The Hall–Kier alpha value is -1.91. The van der Waals surface area contributed by atoms with Crippen molar-refractivity contribution >= 4 is 17.7 Å². The van der Waals surface area contributed by atoms with Gasteiger partial charge in [-0.3, -0.25) is 14.5 Å². The summed E-state index contributed by atoms with van der Waals surface area (Å²) in [5.41, 5.74) is 1.06. The predicted octanol–water partition coefficient (Wildman–Crippen LogP) is 3.25. The van der Waals surface area contributed by atoms with Gasteiger partial charge in [0.25, 0.3) is 0 Å². The number of aryl methyl sites for hydroxylation is 1. The number of anilines is 1. The number of nitrogens with zero attached hydrogens (tertiary/aromatic N) is 2. The van der Waals surface area contributed by atoms with Gasteiger partial charge in [-0.1, -0.05) is 32.3 Å². The van der Waals surface area contributed by atoms with Gasteiger partial charge in [-0.05, 0) is 31.4 Å². The van der Waals surface area contributed by atoms with Gasteiger partial charge in [0.1, 0.15) is 5.82 Å². The molecule has 0 unspecified atom stereocenters. The van der Waals surface area contributed by atoms with E-state index in [1.165, 1.54) is 13.5 Å². The molecule has 1 aliphatic carbocycles. The smallest absolute Gasteiger partial charge is 0.308 e. The van der Waals surface area contributed by atoms with E-state index in [0.717, 1.165) is 31.2 Å². The van der Waals surface area contributed by atoms with Crippen LogP contribution in [0.5, 0.6) is 0 Å². The lowest BCUT2D eigenvalue weighted by atomic mass is 9.93. The average molecular weight is 318 g/mol. The average Bonchev–Trinajstić information content (AvgIpc) is 2.57. The van der Waals surface area contributed by atoms with E-state index < -0.39 is 5.92 Å². The highest BCUT2D eigenvalue weighted by molar-refractivity contribution is 5.95. The van der Waals surface area contributed by atoms with E-state index in [4.69, 9.17) is 4.74 Å². The number of hydrogen-bond donors (Lipinski definition) is 0. The van der Waals surface area contributed by atoms with Crippen LogP contribution in [0, 0.1) is 12.8 Å². The second-order valence-corrected chi connectivity index (χ2v) is 6.38. The van der Waals surface area contributed by atoms with Gasteiger partial charge >= 0.3 is 5.97 Å². The molecule has 23 heavy (non-hydrogen) atoms. The van der Waals surface area contributed by atoms with E-state index in [0.29, 0.717) is 5.82 Å². The molecule has 126 valence electrons. The van der Waals surface area contributed by atoms with Crippen molar-refractivity contribution < 1.29 is 14.3 Å². The zero-order valence-corrected chi connectivity index (χ0v) is 14.2. The minimum Gasteiger partial charge on any atom is -0.469 e. The summed E-state index contributed by atoms with van der Waals surface area (Å²) in [7, 11) is 1.35. The molecule has 5 nitrogen and oxygen atoms in total. The first kappa shape index (κ1) is 17.4. The summed E-state index contributed by atoms with van der Waals surface area (Å²) < 4.78 is 4.73. The molecule has 5 heteroatoms. The molecule has 0 N–H and O–H groups in total. The molecule has 0 saturated heterocycles. The molecule has 0 radical (unpaired) electrons. The van der Waals surface area contributed by atoms with Gasteiger partial charge in [-0.25, -0.2) is 4.98 Å². The van der Waals surface area contributed by atoms with Crippen LogP contribution < -0.4 is 4.90 Å². The maximum atomic E-state index is 12.8. The molecule has 0 spiro atoms. The van der Waals surface area contributed by atoms with Crippen molar-refractivity contribution in [2.75, 3.05) is 12.0 Å². The molecular weight excluding hydrogens is 292 g/mol. The first-order valence-electron chi connectivity index (χ1n) is 8.35. The quantitative estimate of drug-likeness (QED) is 0.782. The van der Waals surface area contributed by atoms with Crippen LogP contribution in [0.25, 0.3) is 0 Å². The lowest BCUT2D eigenvalue weighted by Gasteiger charge is -2.34. The summed E-state index contributed by atoms with van der Waals surface area (Å²) in [6.45, 7) is 3.70. The van der Waals surface area contributed by atoms with Gasteiger partial charge < -0.3 is 4.74 Å². The van der Waals surface area contributed by atoms with Crippen LogP contribution in [0.1, 0.15) is 51.0 Å². The molecule has 0 aromatic carbocycles. The lowest BCUT2D eigenvalue weighted by Crippen LogP contribution is -2.43. The normalized spacial score (nSPS) is 16.7. The van der Waals surface area contributed by atoms with Gasteiger partial charge in [0, 0.05) is 18.7 Å². The maximum absolute atomic E-state index is 12.8. The van der Waals surface area contributed by atoms with Crippen molar-refractivity contribution in [3.8, 4) is 0 Å². The van der Waals surface area contributed by atoms with E-state index in [1.807, 2.05) is 19.1 Å². The second kappa shape index (κ2) is 8.09. The molecule has 1 fully saturated rings. The summed E-state index contributed by atoms with van der Waals surface area (Å²) in [6.07, 6.45) is 7.40. The van der Waals surface area contributed by atoms with Crippen molar-refractivity contribution in [1.82, 2.24) is 4.98 Å². The molecule has 1 atom stereocenters. The maximum Gasteiger partial charge on any atom is 0.308 e. The largest absolute Gasteiger partial charge is 0.469 e. The van der Waals surface area contributed by atoms with E-state index in [1.54, 1.807) is 18.0 Å². The predicted molar refractivity (Wildman–Crippen MR) is 89.1 cm³/mol. The van der Waals surface area contributed by atoms with Gasteiger partial charge in [0.05, 0.1) is 13.0 Å². The molecule has 1 aromatic rings. The van der Waals surface area contributed by atoms with E-state index in [2.05, 4.69) is 4.98 Å². The van der Waals surface area contributed by atoms with Crippen molar-refractivity contribution in [2.45, 2.75) is 58.4 Å². The number of carbonyl (C=O) groups excluding carboxylic acids is 2. The van der Waals surface area contributed by atoms with Gasteiger partial charge in [0.2, 0.25) is 5.91 Å². The zero-order valence-electron chi connectivity index (χ0n) is 14.2. The van der Waals surface area contributed by atoms with Crippen molar-refractivity contribution in [3.05, 3.63) is 23.9 Å². The Balaban J connectivity index is 2.20. The van der Waals surface area contributed by atoms with Crippen molar-refractivity contribution in [2.24, 2.45) is 5.92 Å². The van der Waals surface area contributed by atoms with Gasteiger partial charge in [-0.15, -0.1) is 0 Å². The van der Waals surface area contributed by atoms with Crippen LogP contribution >= 0.6 is 0 Å². The Morgan fingerprint density at radius 2 is 2.00 bits per heavy atom. The number of amides is 1. The van der Waals surface area contributed by atoms with Crippen LogP contribution in [0.15, 0.2) is 18.3 Å². The third-order valence-electron chi connectivity index (χ3n) is 4.44. The Morgan fingerprint density at radius 3 is 2.57 bits per heavy atom. The van der Waals surface area contributed by atoms with E-state index >= 15 is 0 Å². The summed E-state index contributed by atoms with van der Waals surface area (Å²) in [6, 6.07) is 4.04. The van der Waals surface area contributed by atoms with Crippen molar-refractivity contribution in [1.29, 1.82) is 0 Å². The first-order chi connectivity index (χ1) is 11.0. The fourth-order valence-electron chi connectivity index (χ4n) is 3.10. The second-order valence-electron chi connectivity index (χ2n) is 6.38.